The van der Waals surface area contributed by atoms with Gasteiger partial charge in [0.05, 0.1) is 18.2 Å². The van der Waals surface area contributed by atoms with E-state index in [1.807, 2.05) is 24.3 Å². The molecule has 4 rings (SSSR count). The highest BCUT2D eigenvalue weighted by molar-refractivity contribution is 5.95. The molecule has 4 N–H and O–H groups in total. The van der Waals surface area contributed by atoms with Gasteiger partial charge >= 0.3 is 0 Å². The van der Waals surface area contributed by atoms with Crippen molar-refractivity contribution in [1.29, 1.82) is 0 Å². The molecule has 172 valence electrons. The number of aromatic nitrogens is 1. The van der Waals surface area contributed by atoms with Crippen LogP contribution in [0.1, 0.15) is 47.3 Å². The summed E-state index contributed by atoms with van der Waals surface area (Å²) in [5.74, 6) is -0.969. The summed E-state index contributed by atoms with van der Waals surface area (Å²) in [7, 11) is 0. The summed E-state index contributed by atoms with van der Waals surface area (Å²) in [6, 6.07) is 14.8. The van der Waals surface area contributed by atoms with Crippen molar-refractivity contribution in [2.45, 2.75) is 31.2 Å². The Morgan fingerprint density at radius 1 is 1.21 bits per heavy atom. The van der Waals surface area contributed by atoms with Crippen LogP contribution in [0.3, 0.4) is 0 Å². The monoisotopic (exact) mass is 449 g/mol. The van der Waals surface area contributed by atoms with Crippen LogP contribution in [0.2, 0.25) is 0 Å². The standard InChI is InChI=1S/C26H28FN3O3/c1-26(9-11-33-12-10-26)19-14-21(24(28)29-15-19)18-7-8-20(22(27)13-18)25(32)30-23(16-31)17-5-3-2-4-6-17/h2-8,13-15,23,31H,9-12,16H2,1H3,(H2,28,29)(H,30,32). The number of anilines is 1. The van der Waals surface area contributed by atoms with Crippen molar-refractivity contribution in [3.63, 3.8) is 0 Å². The number of amides is 1. The Morgan fingerprint density at radius 2 is 1.94 bits per heavy atom. The van der Waals surface area contributed by atoms with Gasteiger partial charge in [0, 0.05) is 25.0 Å². The Balaban J connectivity index is 1.59. The predicted octanol–water partition coefficient (Wildman–Crippen LogP) is 4.00. The highest BCUT2D eigenvalue weighted by Crippen LogP contribution is 2.37. The average Bonchev–Trinajstić information content (AvgIpc) is 2.83. The number of ether oxygens (including phenoxy) is 1. The second-order valence-electron chi connectivity index (χ2n) is 8.64. The first-order chi connectivity index (χ1) is 15.9. The fraction of sp³-hybridized carbons (Fsp3) is 0.308. The number of aliphatic hydroxyl groups excluding tert-OH is 1. The number of benzene rings is 2. The quantitative estimate of drug-likeness (QED) is 0.529. The lowest BCUT2D eigenvalue weighted by Crippen LogP contribution is -2.31. The van der Waals surface area contributed by atoms with Crippen molar-refractivity contribution in [2.75, 3.05) is 25.6 Å². The maximum atomic E-state index is 15.0. The minimum absolute atomic E-state index is 0.0805. The summed E-state index contributed by atoms with van der Waals surface area (Å²) in [6.07, 6.45) is 3.53. The van der Waals surface area contributed by atoms with E-state index in [2.05, 4.69) is 17.2 Å². The van der Waals surface area contributed by atoms with Gasteiger partial charge in [-0.3, -0.25) is 4.79 Å². The van der Waals surface area contributed by atoms with Crippen molar-refractivity contribution >= 4 is 11.7 Å². The first-order valence-corrected chi connectivity index (χ1v) is 11.0. The Bertz CT molecular complexity index is 1130. The molecule has 2 aromatic carbocycles. The SMILES string of the molecule is CC1(c2cnc(N)c(-c3ccc(C(=O)NC(CO)c4ccccc4)c(F)c3)c2)CCOCC1. The van der Waals surface area contributed by atoms with Gasteiger partial charge in [-0.15, -0.1) is 0 Å². The molecule has 1 fully saturated rings. The maximum absolute atomic E-state index is 15.0. The Labute approximate surface area is 192 Å². The second kappa shape index (κ2) is 9.68. The molecule has 1 aliphatic rings. The van der Waals surface area contributed by atoms with Gasteiger partial charge in [0.25, 0.3) is 5.91 Å². The number of halogens is 1. The molecule has 7 heteroatoms. The van der Waals surface area contributed by atoms with E-state index in [1.165, 1.54) is 12.1 Å². The van der Waals surface area contributed by atoms with Crippen LogP contribution in [0, 0.1) is 5.82 Å². The van der Waals surface area contributed by atoms with Gasteiger partial charge < -0.3 is 20.9 Å². The highest BCUT2D eigenvalue weighted by Gasteiger charge is 2.30. The molecule has 0 bridgehead atoms. The summed E-state index contributed by atoms with van der Waals surface area (Å²) in [5, 5.41) is 12.4. The Kier molecular flexibility index (Phi) is 6.72. The number of pyridine rings is 1. The number of carbonyl (C=O) groups is 1. The van der Waals surface area contributed by atoms with Gasteiger partial charge in [-0.2, -0.15) is 0 Å². The van der Waals surface area contributed by atoms with Crippen LogP contribution in [0.15, 0.2) is 60.8 Å². The number of nitrogens with two attached hydrogens (primary N) is 1. The number of hydrogen-bond donors (Lipinski definition) is 3. The minimum atomic E-state index is -0.670. The summed E-state index contributed by atoms with van der Waals surface area (Å²) >= 11 is 0. The molecule has 3 aromatic rings. The molecule has 1 aromatic heterocycles. The predicted molar refractivity (Wildman–Crippen MR) is 125 cm³/mol. The third-order valence-corrected chi connectivity index (χ3v) is 6.43. The lowest BCUT2D eigenvalue weighted by atomic mass is 9.76. The van der Waals surface area contributed by atoms with Crippen molar-refractivity contribution in [3.8, 4) is 11.1 Å². The van der Waals surface area contributed by atoms with E-state index in [0.717, 1.165) is 24.0 Å². The van der Waals surface area contributed by atoms with Crippen molar-refractivity contribution in [1.82, 2.24) is 10.3 Å². The third-order valence-electron chi connectivity index (χ3n) is 6.43. The van der Waals surface area contributed by atoms with Crippen molar-refractivity contribution in [3.05, 3.63) is 83.3 Å². The molecule has 6 nitrogen and oxygen atoms in total. The zero-order valence-electron chi connectivity index (χ0n) is 18.6. The Hall–Kier alpha value is -3.29. The normalized spacial score (nSPS) is 16.2. The minimum Gasteiger partial charge on any atom is -0.394 e. The number of rotatable bonds is 6. The van der Waals surface area contributed by atoms with Crippen LogP contribution in [0.5, 0.6) is 0 Å². The van der Waals surface area contributed by atoms with Gasteiger partial charge in [-0.05, 0) is 53.1 Å². The lowest BCUT2D eigenvalue weighted by Gasteiger charge is -2.34. The molecule has 1 unspecified atom stereocenters. The van der Waals surface area contributed by atoms with E-state index in [0.29, 0.717) is 30.2 Å². The summed E-state index contributed by atoms with van der Waals surface area (Å²) in [6.45, 7) is 3.25. The number of nitrogen functional groups attached to an aromatic ring is 1. The van der Waals surface area contributed by atoms with Gasteiger partial charge in [-0.25, -0.2) is 9.37 Å². The topological polar surface area (TPSA) is 97.5 Å². The molecular weight excluding hydrogens is 421 g/mol. The fourth-order valence-corrected chi connectivity index (χ4v) is 4.17. The van der Waals surface area contributed by atoms with Crippen LogP contribution in [-0.4, -0.2) is 35.8 Å². The van der Waals surface area contributed by atoms with E-state index in [-0.39, 0.29) is 17.6 Å². The van der Waals surface area contributed by atoms with E-state index in [4.69, 9.17) is 10.5 Å². The molecule has 0 saturated carbocycles. The molecule has 0 radical (unpaired) electrons. The summed E-state index contributed by atoms with van der Waals surface area (Å²) in [5.41, 5.74) is 8.89. The van der Waals surface area contributed by atoms with E-state index >= 15 is 4.39 Å². The van der Waals surface area contributed by atoms with E-state index < -0.39 is 17.8 Å². The van der Waals surface area contributed by atoms with Gasteiger partial charge in [0.1, 0.15) is 11.6 Å². The zero-order chi connectivity index (χ0) is 23.4. The first kappa shape index (κ1) is 22.9. The summed E-state index contributed by atoms with van der Waals surface area (Å²) in [4.78, 5) is 17.1. The number of carbonyl (C=O) groups excluding carboxylic acids is 1. The van der Waals surface area contributed by atoms with Gasteiger partial charge in [-0.1, -0.05) is 43.3 Å². The molecule has 0 spiro atoms. The number of nitrogens with zero attached hydrogens (tertiary/aromatic N) is 1. The zero-order valence-corrected chi connectivity index (χ0v) is 18.6. The molecule has 33 heavy (non-hydrogen) atoms. The smallest absolute Gasteiger partial charge is 0.254 e. The molecule has 1 aliphatic heterocycles. The fourth-order valence-electron chi connectivity index (χ4n) is 4.17. The first-order valence-electron chi connectivity index (χ1n) is 11.0. The van der Waals surface area contributed by atoms with Crippen LogP contribution in [0.25, 0.3) is 11.1 Å². The van der Waals surface area contributed by atoms with Crippen molar-refractivity contribution < 1.29 is 19.0 Å². The molecule has 2 heterocycles. The maximum Gasteiger partial charge on any atom is 0.254 e. The molecule has 1 saturated heterocycles. The molecule has 0 aliphatic carbocycles. The Morgan fingerprint density at radius 3 is 2.61 bits per heavy atom. The number of aliphatic hydroxyl groups is 1. The molecule has 1 amide bonds. The van der Waals surface area contributed by atoms with Gasteiger partial charge in [0.15, 0.2) is 0 Å². The van der Waals surface area contributed by atoms with Crippen LogP contribution < -0.4 is 11.1 Å². The number of hydrogen-bond acceptors (Lipinski definition) is 5. The lowest BCUT2D eigenvalue weighted by molar-refractivity contribution is 0.0563. The van der Waals surface area contributed by atoms with Gasteiger partial charge in [0.2, 0.25) is 0 Å². The van der Waals surface area contributed by atoms with Crippen LogP contribution in [0.4, 0.5) is 10.2 Å². The van der Waals surface area contributed by atoms with Crippen LogP contribution in [-0.2, 0) is 10.2 Å². The molecular formula is C26H28FN3O3. The summed E-state index contributed by atoms with van der Waals surface area (Å²) < 4.78 is 20.5. The van der Waals surface area contributed by atoms with Crippen LogP contribution >= 0.6 is 0 Å². The highest BCUT2D eigenvalue weighted by atomic mass is 19.1. The number of nitrogens with one attached hydrogen (secondary N) is 1. The molecule has 1 atom stereocenters. The van der Waals surface area contributed by atoms with E-state index in [1.54, 1.807) is 24.4 Å². The van der Waals surface area contributed by atoms with E-state index in [9.17, 15) is 9.90 Å². The largest absolute Gasteiger partial charge is 0.394 e. The second-order valence-corrected chi connectivity index (χ2v) is 8.64. The average molecular weight is 450 g/mol. The third kappa shape index (κ3) is 4.89. The van der Waals surface area contributed by atoms with Crippen molar-refractivity contribution in [2.24, 2.45) is 0 Å².